The van der Waals surface area contributed by atoms with Gasteiger partial charge in [0.05, 0.1) is 12.1 Å². The average molecular weight is 304 g/mol. The Morgan fingerprint density at radius 3 is 2.62 bits per heavy atom. The van der Waals surface area contributed by atoms with Crippen LogP contribution in [-0.2, 0) is 15.7 Å². The number of nitrogens with one attached hydrogen (secondary N) is 1. The maximum Gasteiger partial charge on any atom is 0.417 e. The molecule has 7 heteroatoms. The minimum Gasteiger partial charge on any atom is -0.464 e. The number of rotatable bonds is 7. The van der Waals surface area contributed by atoms with E-state index in [1.807, 2.05) is 13.8 Å². The lowest BCUT2D eigenvalue weighted by atomic mass is 10.1. The first-order valence-corrected chi connectivity index (χ1v) is 6.72. The summed E-state index contributed by atoms with van der Waals surface area (Å²) < 4.78 is 42.0. The Kier molecular flexibility index (Phi) is 6.45. The van der Waals surface area contributed by atoms with Gasteiger partial charge < -0.3 is 10.1 Å². The molecule has 0 aromatic carbocycles. The number of carbonyl (C=O) groups excluding carboxylic acids is 1. The fourth-order valence-corrected chi connectivity index (χ4v) is 1.49. The van der Waals surface area contributed by atoms with Crippen LogP contribution in [0.15, 0.2) is 18.3 Å². The molecule has 0 saturated heterocycles. The maximum atomic E-state index is 12.3. The molecule has 118 valence electrons. The van der Waals surface area contributed by atoms with Crippen molar-refractivity contribution in [1.29, 1.82) is 0 Å². The summed E-state index contributed by atoms with van der Waals surface area (Å²) in [6.07, 6.45) is -2.49. The predicted molar refractivity (Wildman–Crippen MR) is 72.8 cm³/mol. The van der Waals surface area contributed by atoms with Crippen LogP contribution >= 0.6 is 0 Å². The molecule has 1 aromatic heterocycles. The Hall–Kier alpha value is -1.79. The van der Waals surface area contributed by atoms with Crippen molar-refractivity contribution >= 4 is 11.8 Å². The fraction of sp³-hybridized carbons (Fsp3) is 0.571. The summed E-state index contributed by atoms with van der Waals surface area (Å²) in [5, 5.41) is 2.79. The zero-order valence-corrected chi connectivity index (χ0v) is 12.0. The molecule has 1 heterocycles. The van der Waals surface area contributed by atoms with Crippen molar-refractivity contribution in [3.8, 4) is 0 Å². The molecule has 0 fully saturated rings. The predicted octanol–water partition coefficient (Wildman–Crippen LogP) is 3.49. The number of anilines is 1. The lowest BCUT2D eigenvalue weighted by Crippen LogP contribution is -2.15. The molecule has 0 aliphatic heterocycles. The molecule has 0 saturated carbocycles. The molecule has 0 spiro atoms. The van der Waals surface area contributed by atoms with Gasteiger partial charge in [-0.25, -0.2) is 4.98 Å². The molecule has 0 amide bonds. The van der Waals surface area contributed by atoms with Gasteiger partial charge in [0, 0.05) is 12.6 Å². The van der Waals surface area contributed by atoms with Crippen molar-refractivity contribution in [2.45, 2.75) is 32.9 Å². The first-order valence-electron chi connectivity index (χ1n) is 6.72. The minimum absolute atomic E-state index is 0.152. The Labute approximate surface area is 121 Å². The van der Waals surface area contributed by atoms with Gasteiger partial charge in [0.1, 0.15) is 12.4 Å². The number of carbonyl (C=O) groups is 1. The lowest BCUT2D eigenvalue weighted by molar-refractivity contribution is -0.143. The largest absolute Gasteiger partial charge is 0.464 e. The number of ether oxygens (including phenoxy) is 1. The quantitative estimate of drug-likeness (QED) is 0.619. The summed E-state index contributed by atoms with van der Waals surface area (Å²) >= 11 is 0. The van der Waals surface area contributed by atoms with Crippen molar-refractivity contribution in [1.82, 2.24) is 4.98 Å². The number of hydrogen-bond acceptors (Lipinski definition) is 4. The number of aromatic nitrogens is 1. The van der Waals surface area contributed by atoms with Crippen LogP contribution < -0.4 is 5.32 Å². The monoisotopic (exact) mass is 304 g/mol. The Morgan fingerprint density at radius 2 is 2.10 bits per heavy atom. The van der Waals surface area contributed by atoms with Crippen molar-refractivity contribution < 1.29 is 22.7 Å². The third kappa shape index (κ3) is 6.97. The Balaban J connectivity index is 2.25. The van der Waals surface area contributed by atoms with Crippen LogP contribution in [0.5, 0.6) is 0 Å². The van der Waals surface area contributed by atoms with Gasteiger partial charge in [-0.2, -0.15) is 13.2 Å². The summed E-state index contributed by atoms with van der Waals surface area (Å²) in [6, 6.07) is 2.19. The van der Waals surface area contributed by atoms with Crippen LogP contribution in [0.2, 0.25) is 0 Å². The summed E-state index contributed by atoms with van der Waals surface area (Å²) in [5.41, 5.74) is -0.798. The summed E-state index contributed by atoms with van der Waals surface area (Å²) in [6.45, 7) is 4.49. The SMILES string of the molecule is CC(C)CCC(=O)OCCNc1ccc(C(F)(F)F)cn1. The molecule has 0 aliphatic carbocycles. The standard InChI is InChI=1S/C14H19F3N2O2/c1-10(2)3-6-13(20)21-8-7-18-12-5-4-11(9-19-12)14(15,16)17/h4-5,9-10H,3,6-8H2,1-2H3,(H,18,19). The molecule has 0 atom stereocenters. The highest BCUT2D eigenvalue weighted by atomic mass is 19.4. The van der Waals surface area contributed by atoms with Crippen LogP contribution in [0.25, 0.3) is 0 Å². The lowest BCUT2D eigenvalue weighted by Gasteiger charge is -2.09. The summed E-state index contributed by atoms with van der Waals surface area (Å²) in [5.74, 6) is 0.471. The third-order valence-corrected chi connectivity index (χ3v) is 2.69. The van der Waals surface area contributed by atoms with Crippen LogP contribution in [0, 0.1) is 5.92 Å². The first-order chi connectivity index (χ1) is 9.79. The second-order valence-electron chi connectivity index (χ2n) is 5.01. The average Bonchev–Trinajstić information content (AvgIpc) is 2.41. The van der Waals surface area contributed by atoms with Crippen molar-refractivity contribution in [3.05, 3.63) is 23.9 Å². The van der Waals surface area contributed by atoms with E-state index in [1.165, 1.54) is 6.07 Å². The second kappa shape index (κ2) is 7.85. The van der Waals surface area contributed by atoms with E-state index in [1.54, 1.807) is 0 Å². The van der Waals surface area contributed by atoms with E-state index in [4.69, 9.17) is 4.74 Å². The van der Waals surface area contributed by atoms with Crippen LogP contribution in [0.4, 0.5) is 19.0 Å². The molecule has 21 heavy (non-hydrogen) atoms. The van der Waals surface area contributed by atoms with Crippen molar-refractivity contribution in [2.24, 2.45) is 5.92 Å². The highest BCUT2D eigenvalue weighted by Crippen LogP contribution is 2.28. The van der Waals surface area contributed by atoms with E-state index >= 15 is 0 Å². The summed E-state index contributed by atoms with van der Waals surface area (Å²) in [7, 11) is 0. The van der Waals surface area contributed by atoms with E-state index in [0.29, 0.717) is 24.7 Å². The molecule has 4 nitrogen and oxygen atoms in total. The molecule has 0 unspecified atom stereocenters. The number of alkyl halides is 3. The molecule has 0 bridgehead atoms. The van der Waals surface area contributed by atoms with Crippen LogP contribution in [-0.4, -0.2) is 24.1 Å². The molecule has 0 radical (unpaired) electrons. The number of halogens is 3. The summed E-state index contributed by atoms with van der Waals surface area (Å²) in [4.78, 5) is 15.0. The topological polar surface area (TPSA) is 51.2 Å². The Bertz CT molecular complexity index is 445. The van der Waals surface area contributed by atoms with E-state index in [2.05, 4.69) is 10.3 Å². The highest BCUT2D eigenvalue weighted by molar-refractivity contribution is 5.69. The van der Waals surface area contributed by atoms with Gasteiger partial charge in [0.15, 0.2) is 0 Å². The minimum atomic E-state index is -4.39. The normalized spacial score (nSPS) is 11.5. The van der Waals surface area contributed by atoms with E-state index in [0.717, 1.165) is 18.7 Å². The van der Waals surface area contributed by atoms with Crippen molar-refractivity contribution in [3.63, 3.8) is 0 Å². The van der Waals surface area contributed by atoms with Gasteiger partial charge >= 0.3 is 12.1 Å². The fourth-order valence-electron chi connectivity index (χ4n) is 1.49. The van der Waals surface area contributed by atoms with E-state index in [9.17, 15) is 18.0 Å². The zero-order chi connectivity index (χ0) is 15.9. The van der Waals surface area contributed by atoms with Gasteiger partial charge in [-0.15, -0.1) is 0 Å². The zero-order valence-electron chi connectivity index (χ0n) is 12.0. The molecule has 1 N–H and O–H groups in total. The van der Waals surface area contributed by atoms with Gasteiger partial charge in [-0.05, 0) is 24.5 Å². The molecule has 0 aliphatic rings. The van der Waals surface area contributed by atoms with Crippen molar-refractivity contribution in [2.75, 3.05) is 18.5 Å². The smallest absolute Gasteiger partial charge is 0.417 e. The van der Waals surface area contributed by atoms with Crippen LogP contribution in [0.1, 0.15) is 32.3 Å². The third-order valence-electron chi connectivity index (χ3n) is 2.69. The van der Waals surface area contributed by atoms with Gasteiger partial charge in [0.2, 0.25) is 0 Å². The van der Waals surface area contributed by atoms with Gasteiger partial charge in [-0.1, -0.05) is 13.8 Å². The molecule has 1 rings (SSSR count). The second-order valence-corrected chi connectivity index (χ2v) is 5.01. The van der Waals surface area contributed by atoms with E-state index in [-0.39, 0.29) is 12.6 Å². The van der Waals surface area contributed by atoms with E-state index < -0.39 is 11.7 Å². The highest BCUT2D eigenvalue weighted by Gasteiger charge is 2.30. The number of pyridine rings is 1. The molecular weight excluding hydrogens is 285 g/mol. The molecule has 1 aromatic rings. The maximum absolute atomic E-state index is 12.3. The number of nitrogens with zero attached hydrogens (tertiary/aromatic N) is 1. The van der Waals surface area contributed by atoms with Gasteiger partial charge in [-0.3, -0.25) is 4.79 Å². The number of esters is 1. The van der Waals surface area contributed by atoms with Gasteiger partial charge in [0.25, 0.3) is 0 Å². The van der Waals surface area contributed by atoms with Crippen LogP contribution in [0.3, 0.4) is 0 Å². The number of hydrogen-bond donors (Lipinski definition) is 1. The first kappa shape index (κ1) is 17.3. The molecular formula is C14H19F3N2O2. The Morgan fingerprint density at radius 1 is 1.38 bits per heavy atom.